The Hall–Kier alpha value is -2.57. The molecule has 1 aromatic heterocycles. The molecule has 0 atom stereocenters. The lowest BCUT2D eigenvalue weighted by Crippen LogP contribution is -2.16. The first kappa shape index (κ1) is 18.2. The van der Waals surface area contributed by atoms with Gasteiger partial charge in [-0.05, 0) is 36.8 Å². The zero-order valence-electron chi connectivity index (χ0n) is 13.5. The summed E-state index contributed by atoms with van der Waals surface area (Å²) < 4.78 is 15.2. The largest absolute Gasteiger partial charge is 0.505 e. The molecule has 0 saturated heterocycles. The first-order chi connectivity index (χ1) is 12.2. The Balaban J connectivity index is 2.29. The van der Waals surface area contributed by atoms with E-state index in [1.807, 2.05) is 0 Å². The van der Waals surface area contributed by atoms with Gasteiger partial charge in [-0.3, -0.25) is 14.2 Å². The van der Waals surface area contributed by atoms with Gasteiger partial charge in [0.1, 0.15) is 0 Å². The molecule has 0 fully saturated rings. The molecular formula is C18H13Cl2FN2O3. The lowest BCUT2D eigenvalue weighted by Gasteiger charge is -2.08. The van der Waals surface area contributed by atoms with Gasteiger partial charge < -0.3 is 10.8 Å². The van der Waals surface area contributed by atoms with Gasteiger partial charge in [-0.25, -0.2) is 4.39 Å². The average molecular weight is 395 g/mol. The van der Waals surface area contributed by atoms with E-state index in [0.29, 0.717) is 21.7 Å². The summed E-state index contributed by atoms with van der Waals surface area (Å²) in [5, 5.41) is 10.5. The van der Waals surface area contributed by atoms with Crippen LogP contribution in [0, 0.1) is 12.7 Å². The fourth-order valence-corrected chi connectivity index (χ4v) is 3.20. The number of phenols is 1. The van der Waals surface area contributed by atoms with Crippen LogP contribution in [0.2, 0.25) is 10.0 Å². The maximum absolute atomic E-state index is 13.9. The maximum Gasteiger partial charge on any atom is 0.262 e. The molecule has 0 radical (unpaired) electrons. The normalized spacial score (nSPS) is 11.1. The van der Waals surface area contributed by atoms with E-state index >= 15 is 0 Å². The molecule has 0 unspecified atom stereocenters. The highest BCUT2D eigenvalue weighted by atomic mass is 35.5. The molecule has 0 aliphatic rings. The van der Waals surface area contributed by atoms with Crippen LogP contribution in [-0.2, 0) is 11.2 Å². The van der Waals surface area contributed by atoms with Crippen molar-refractivity contribution in [2.75, 3.05) is 0 Å². The number of aromatic hydroxyl groups is 1. The summed E-state index contributed by atoms with van der Waals surface area (Å²) in [6, 6.07) is 6.59. The number of carbonyl (C=O) groups is 2. The molecule has 5 nitrogen and oxygen atoms in total. The number of halogens is 3. The molecule has 134 valence electrons. The molecular weight excluding hydrogens is 382 g/mol. The zero-order valence-corrected chi connectivity index (χ0v) is 15.0. The second-order valence-corrected chi connectivity index (χ2v) is 6.61. The number of amides is 1. The average Bonchev–Trinajstić information content (AvgIpc) is 2.81. The summed E-state index contributed by atoms with van der Waals surface area (Å²) in [6.45, 7) is 1.61. The molecule has 0 spiro atoms. The monoisotopic (exact) mass is 394 g/mol. The van der Waals surface area contributed by atoms with Crippen LogP contribution < -0.4 is 5.73 Å². The van der Waals surface area contributed by atoms with Gasteiger partial charge in [0.15, 0.2) is 11.6 Å². The van der Waals surface area contributed by atoms with E-state index < -0.39 is 23.4 Å². The fourth-order valence-electron chi connectivity index (χ4n) is 2.91. The molecule has 8 heteroatoms. The molecule has 3 aromatic rings. The van der Waals surface area contributed by atoms with Gasteiger partial charge in [0.2, 0.25) is 5.91 Å². The van der Waals surface area contributed by atoms with E-state index in [1.165, 1.54) is 28.8 Å². The highest BCUT2D eigenvalue weighted by Crippen LogP contribution is 2.32. The van der Waals surface area contributed by atoms with Gasteiger partial charge in [0, 0.05) is 22.7 Å². The van der Waals surface area contributed by atoms with E-state index in [4.69, 9.17) is 28.9 Å². The number of hydrogen-bond acceptors (Lipinski definition) is 3. The van der Waals surface area contributed by atoms with Crippen molar-refractivity contribution in [1.29, 1.82) is 0 Å². The van der Waals surface area contributed by atoms with E-state index in [1.54, 1.807) is 6.92 Å². The Labute approximate surface area is 157 Å². The Morgan fingerprint density at radius 1 is 1.19 bits per heavy atom. The Bertz CT molecular complexity index is 1080. The number of primary amides is 1. The molecule has 1 heterocycles. The number of benzene rings is 2. The van der Waals surface area contributed by atoms with E-state index in [9.17, 15) is 19.1 Å². The number of carbonyl (C=O) groups excluding carboxylic acids is 2. The third-order valence-electron chi connectivity index (χ3n) is 4.12. The third kappa shape index (κ3) is 3.02. The molecule has 2 aromatic carbocycles. The number of phenolic OH excluding ortho intramolecular Hbond substituents is 1. The molecule has 3 N–H and O–H groups in total. The lowest BCUT2D eigenvalue weighted by atomic mass is 10.1. The molecule has 0 aliphatic heterocycles. The highest BCUT2D eigenvalue weighted by molar-refractivity contribution is 6.42. The van der Waals surface area contributed by atoms with Crippen LogP contribution >= 0.6 is 23.2 Å². The van der Waals surface area contributed by atoms with Crippen molar-refractivity contribution < 1.29 is 19.1 Å². The first-order valence-electron chi connectivity index (χ1n) is 7.51. The third-order valence-corrected chi connectivity index (χ3v) is 4.86. The summed E-state index contributed by atoms with van der Waals surface area (Å²) >= 11 is 11.9. The number of aromatic nitrogens is 1. The van der Waals surface area contributed by atoms with Gasteiger partial charge in [-0.15, -0.1) is 0 Å². The number of rotatable bonds is 3. The zero-order chi connectivity index (χ0) is 19.2. The minimum absolute atomic E-state index is 0.158. The summed E-state index contributed by atoms with van der Waals surface area (Å²) in [4.78, 5) is 24.4. The van der Waals surface area contributed by atoms with Crippen LogP contribution in [0.1, 0.15) is 21.6 Å². The van der Waals surface area contributed by atoms with Gasteiger partial charge in [-0.2, -0.15) is 0 Å². The minimum atomic E-state index is -0.885. The van der Waals surface area contributed by atoms with E-state index in [0.717, 1.165) is 6.07 Å². The van der Waals surface area contributed by atoms with Crippen molar-refractivity contribution in [2.45, 2.75) is 13.3 Å². The minimum Gasteiger partial charge on any atom is -0.505 e. The Morgan fingerprint density at radius 3 is 2.50 bits per heavy atom. The van der Waals surface area contributed by atoms with Crippen LogP contribution in [0.5, 0.6) is 5.75 Å². The summed E-state index contributed by atoms with van der Waals surface area (Å²) in [5.74, 6) is -2.56. The maximum atomic E-state index is 13.9. The fraction of sp³-hybridized carbons (Fsp3) is 0.111. The summed E-state index contributed by atoms with van der Waals surface area (Å²) in [6.07, 6.45) is -0.158. The second kappa shape index (κ2) is 6.63. The molecule has 0 bridgehead atoms. The number of fused-ring (bicyclic) bond motifs is 1. The standard InChI is InChI=1S/C18H13Cl2FN2O3/c1-8-10(6-17(22)25)11-5-16(24)14(21)7-15(11)23(8)18(26)9-2-3-12(19)13(20)4-9/h2-5,7,24H,6H2,1H3,(H2,22,25). The van der Waals surface area contributed by atoms with Gasteiger partial charge in [-0.1, -0.05) is 23.2 Å². The van der Waals surface area contributed by atoms with Crippen molar-refractivity contribution in [3.05, 3.63) is 63.0 Å². The van der Waals surface area contributed by atoms with Gasteiger partial charge >= 0.3 is 0 Å². The Kier molecular flexibility index (Phi) is 4.64. The van der Waals surface area contributed by atoms with Crippen LogP contribution in [-0.4, -0.2) is 21.5 Å². The van der Waals surface area contributed by atoms with Gasteiger partial charge in [0.05, 0.1) is 22.0 Å². The van der Waals surface area contributed by atoms with Crippen LogP contribution in [0.3, 0.4) is 0 Å². The van der Waals surface area contributed by atoms with E-state index in [2.05, 4.69) is 0 Å². The molecule has 1 amide bonds. The van der Waals surface area contributed by atoms with Crippen molar-refractivity contribution in [1.82, 2.24) is 4.57 Å². The molecule has 0 aliphatic carbocycles. The van der Waals surface area contributed by atoms with Gasteiger partial charge in [0.25, 0.3) is 5.91 Å². The SMILES string of the molecule is Cc1c(CC(N)=O)c2cc(O)c(F)cc2n1C(=O)c1ccc(Cl)c(Cl)c1. The Morgan fingerprint density at radius 2 is 1.88 bits per heavy atom. The molecule has 0 saturated carbocycles. The number of hydrogen-bond donors (Lipinski definition) is 2. The van der Waals surface area contributed by atoms with Crippen LogP contribution in [0.15, 0.2) is 30.3 Å². The quantitative estimate of drug-likeness (QED) is 0.707. The van der Waals surface area contributed by atoms with E-state index in [-0.39, 0.29) is 22.5 Å². The highest BCUT2D eigenvalue weighted by Gasteiger charge is 2.23. The lowest BCUT2D eigenvalue weighted by molar-refractivity contribution is -0.117. The predicted molar refractivity (Wildman–Crippen MR) is 97.4 cm³/mol. The molecule has 3 rings (SSSR count). The first-order valence-corrected chi connectivity index (χ1v) is 8.26. The predicted octanol–water partition coefficient (Wildman–Crippen LogP) is 3.82. The van der Waals surface area contributed by atoms with Crippen molar-refractivity contribution in [3.8, 4) is 5.75 Å². The van der Waals surface area contributed by atoms with Crippen molar-refractivity contribution >= 4 is 45.9 Å². The smallest absolute Gasteiger partial charge is 0.262 e. The summed E-state index contributed by atoms with van der Waals surface area (Å²) in [7, 11) is 0. The molecule has 26 heavy (non-hydrogen) atoms. The second-order valence-electron chi connectivity index (χ2n) is 5.80. The van der Waals surface area contributed by atoms with Crippen molar-refractivity contribution in [2.24, 2.45) is 5.73 Å². The number of nitrogens with two attached hydrogens (primary N) is 1. The van der Waals surface area contributed by atoms with Crippen LogP contribution in [0.25, 0.3) is 10.9 Å². The van der Waals surface area contributed by atoms with Crippen LogP contribution in [0.4, 0.5) is 4.39 Å². The summed E-state index contributed by atoms with van der Waals surface area (Å²) in [5.41, 5.74) is 6.59. The number of nitrogens with zero attached hydrogens (tertiary/aromatic N) is 1. The topological polar surface area (TPSA) is 85.3 Å². The van der Waals surface area contributed by atoms with Crippen molar-refractivity contribution in [3.63, 3.8) is 0 Å².